The summed E-state index contributed by atoms with van der Waals surface area (Å²) in [5.41, 5.74) is 0.858. The lowest BCUT2D eigenvalue weighted by Crippen LogP contribution is -2.35. The van der Waals surface area contributed by atoms with Crippen molar-refractivity contribution in [2.75, 3.05) is 18.5 Å². The third-order valence-electron chi connectivity index (χ3n) is 3.34. The molecule has 1 aromatic heterocycles. The molecule has 1 saturated heterocycles. The maximum Gasteiger partial charge on any atom is 0.338 e. The second kappa shape index (κ2) is 6.23. The van der Waals surface area contributed by atoms with Crippen molar-refractivity contribution in [1.82, 2.24) is 5.32 Å². The van der Waals surface area contributed by atoms with Crippen molar-refractivity contribution < 1.29 is 19.4 Å². The molecular weight excluding hydrogens is 280 g/mol. The van der Waals surface area contributed by atoms with Crippen molar-refractivity contribution in [2.45, 2.75) is 32.8 Å². The van der Waals surface area contributed by atoms with Crippen LogP contribution in [0.25, 0.3) is 0 Å². The standard InChI is InChI=1S/C13H18N2O4S/c1-7-8(2)20-11(10(7)12(16)17)15-13(18)14-6-9-4-3-5-19-9/h9H,3-6H2,1-2H3,(H,16,17)(H2,14,15,18). The van der Waals surface area contributed by atoms with Crippen LogP contribution >= 0.6 is 11.3 Å². The van der Waals surface area contributed by atoms with E-state index < -0.39 is 12.0 Å². The summed E-state index contributed by atoms with van der Waals surface area (Å²) in [6, 6.07) is -0.399. The number of carboxylic acid groups (broad SMARTS) is 1. The summed E-state index contributed by atoms with van der Waals surface area (Å²) in [5.74, 6) is -1.03. The first-order valence-corrected chi connectivity index (χ1v) is 7.30. The van der Waals surface area contributed by atoms with Gasteiger partial charge in [0.05, 0.1) is 11.7 Å². The van der Waals surface area contributed by atoms with Gasteiger partial charge in [0.25, 0.3) is 0 Å². The average molecular weight is 298 g/mol. The highest BCUT2D eigenvalue weighted by molar-refractivity contribution is 7.16. The molecule has 1 atom stereocenters. The van der Waals surface area contributed by atoms with Crippen LogP contribution in [-0.2, 0) is 4.74 Å². The van der Waals surface area contributed by atoms with Crippen molar-refractivity contribution in [3.63, 3.8) is 0 Å². The lowest BCUT2D eigenvalue weighted by Gasteiger charge is -2.11. The van der Waals surface area contributed by atoms with E-state index in [-0.39, 0.29) is 11.7 Å². The lowest BCUT2D eigenvalue weighted by molar-refractivity contribution is 0.0697. The summed E-state index contributed by atoms with van der Waals surface area (Å²) < 4.78 is 5.40. The molecule has 1 unspecified atom stereocenters. The number of hydrogen-bond donors (Lipinski definition) is 3. The normalized spacial score (nSPS) is 18.0. The van der Waals surface area contributed by atoms with E-state index >= 15 is 0 Å². The Morgan fingerprint density at radius 1 is 1.45 bits per heavy atom. The zero-order valence-corrected chi connectivity index (χ0v) is 12.3. The molecule has 1 fully saturated rings. The van der Waals surface area contributed by atoms with Crippen molar-refractivity contribution in [3.8, 4) is 0 Å². The molecular formula is C13H18N2O4S. The highest BCUT2D eigenvalue weighted by atomic mass is 32.1. The summed E-state index contributed by atoms with van der Waals surface area (Å²) in [4.78, 5) is 23.9. The Labute approximate surface area is 121 Å². The van der Waals surface area contributed by atoms with Crippen LogP contribution in [-0.4, -0.2) is 36.4 Å². The molecule has 0 radical (unpaired) electrons. The third-order valence-corrected chi connectivity index (χ3v) is 4.46. The van der Waals surface area contributed by atoms with Gasteiger partial charge in [0, 0.05) is 18.0 Å². The number of carbonyl (C=O) groups is 2. The van der Waals surface area contributed by atoms with Gasteiger partial charge >= 0.3 is 12.0 Å². The topological polar surface area (TPSA) is 87.7 Å². The Kier molecular flexibility index (Phi) is 4.61. The second-order valence-electron chi connectivity index (χ2n) is 4.76. The van der Waals surface area contributed by atoms with E-state index in [9.17, 15) is 14.7 Å². The third kappa shape index (κ3) is 3.29. The van der Waals surface area contributed by atoms with Gasteiger partial charge < -0.3 is 15.2 Å². The summed E-state index contributed by atoms with van der Waals surface area (Å²) >= 11 is 1.27. The molecule has 110 valence electrons. The molecule has 2 heterocycles. The number of aryl methyl sites for hydroxylation is 1. The van der Waals surface area contributed by atoms with Gasteiger partial charge in [-0.25, -0.2) is 9.59 Å². The van der Waals surface area contributed by atoms with E-state index in [0.717, 1.165) is 24.3 Å². The minimum absolute atomic E-state index is 0.0616. The van der Waals surface area contributed by atoms with Crippen molar-refractivity contribution in [2.24, 2.45) is 0 Å². The minimum Gasteiger partial charge on any atom is -0.478 e. The number of carboxylic acids is 1. The van der Waals surface area contributed by atoms with Gasteiger partial charge in [-0.1, -0.05) is 0 Å². The van der Waals surface area contributed by atoms with Gasteiger partial charge in [-0.15, -0.1) is 11.3 Å². The largest absolute Gasteiger partial charge is 0.478 e. The Bertz CT molecular complexity index is 521. The first-order valence-electron chi connectivity index (χ1n) is 6.48. The zero-order valence-electron chi connectivity index (χ0n) is 11.5. The van der Waals surface area contributed by atoms with Crippen LogP contribution in [0, 0.1) is 13.8 Å². The Morgan fingerprint density at radius 2 is 2.20 bits per heavy atom. The van der Waals surface area contributed by atoms with Crippen LogP contribution in [0.4, 0.5) is 9.80 Å². The molecule has 20 heavy (non-hydrogen) atoms. The number of aromatic carboxylic acids is 1. The predicted octanol–water partition coefficient (Wildman–Crippen LogP) is 2.36. The van der Waals surface area contributed by atoms with Crippen LogP contribution in [0.2, 0.25) is 0 Å². The van der Waals surface area contributed by atoms with Crippen molar-refractivity contribution in [1.29, 1.82) is 0 Å². The lowest BCUT2D eigenvalue weighted by atomic mass is 10.1. The summed E-state index contributed by atoms with van der Waals surface area (Å²) in [7, 11) is 0. The molecule has 0 aliphatic carbocycles. The molecule has 0 bridgehead atoms. The Balaban J connectivity index is 1.96. The fourth-order valence-electron chi connectivity index (χ4n) is 2.13. The number of anilines is 1. The molecule has 1 aromatic rings. The van der Waals surface area contributed by atoms with Crippen molar-refractivity contribution >= 4 is 28.3 Å². The predicted molar refractivity (Wildman–Crippen MR) is 76.7 cm³/mol. The van der Waals surface area contributed by atoms with Gasteiger partial charge in [-0.3, -0.25) is 5.32 Å². The molecule has 2 amide bonds. The number of hydrogen-bond acceptors (Lipinski definition) is 4. The number of thiophene rings is 1. The summed E-state index contributed by atoms with van der Waals surface area (Å²) in [5, 5.41) is 14.9. The monoisotopic (exact) mass is 298 g/mol. The second-order valence-corrected chi connectivity index (χ2v) is 5.99. The van der Waals surface area contributed by atoms with Crippen LogP contribution in [0.1, 0.15) is 33.6 Å². The number of urea groups is 1. The SMILES string of the molecule is Cc1sc(NC(=O)NCC2CCCO2)c(C(=O)O)c1C. The zero-order chi connectivity index (χ0) is 14.7. The molecule has 3 N–H and O–H groups in total. The first kappa shape index (κ1) is 14.8. The van der Waals surface area contributed by atoms with Gasteiger partial charge in [0.15, 0.2) is 0 Å². The number of nitrogens with one attached hydrogen (secondary N) is 2. The van der Waals surface area contributed by atoms with Gasteiger partial charge in [-0.05, 0) is 32.3 Å². The molecule has 0 aromatic carbocycles. The Hall–Kier alpha value is -1.60. The number of amides is 2. The molecule has 0 spiro atoms. The molecule has 1 aliphatic rings. The van der Waals surface area contributed by atoms with Gasteiger partial charge in [0.2, 0.25) is 0 Å². The average Bonchev–Trinajstić information content (AvgIpc) is 2.96. The van der Waals surface area contributed by atoms with E-state index in [2.05, 4.69) is 10.6 Å². The number of rotatable bonds is 4. The smallest absolute Gasteiger partial charge is 0.338 e. The van der Waals surface area contributed by atoms with Crippen LogP contribution < -0.4 is 10.6 Å². The van der Waals surface area contributed by atoms with Gasteiger partial charge in [0.1, 0.15) is 5.00 Å². The molecule has 0 saturated carbocycles. The van der Waals surface area contributed by atoms with E-state index in [1.165, 1.54) is 11.3 Å². The minimum atomic E-state index is -1.03. The molecule has 2 rings (SSSR count). The highest BCUT2D eigenvalue weighted by Crippen LogP contribution is 2.32. The van der Waals surface area contributed by atoms with E-state index in [4.69, 9.17) is 4.74 Å². The highest BCUT2D eigenvalue weighted by Gasteiger charge is 2.21. The van der Waals surface area contributed by atoms with E-state index in [1.54, 1.807) is 6.92 Å². The summed E-state index contributed by atoms with van der Waals surface area (Å²) in [6.45, 7) is 4.75. The maximum atomic E-state index is 11.8. The number of ether oxygens (including phenoxy) is 1. The molecule has 1 aliphatic heterocycles. The number of carbonyl (C=O) groups excluding carboxylic acids is 1. The quantitative estimate of drug-likeness (QED) is 0.796. The maximum absolute atomic E-state index is 11.8. The fourth-order valence-corrected chi connectivity index (χ4v) is 3.18. The van der Waals surface area contributed by atoms with Crippen LogP contribution in [0.15, 0.2) is 0 Å². The van der Waals surface area contributed by atoms with Crippen LogP contribution in [0.3, 0.4) is 0 Å². The van der Waals surface area contributed by atoms with Gasteiger partial charge in [-0.2, -0.15) is 0 Å². The molecule has 6 nitrogen and oxygen atoms in total. The molecule has 7 heteroatoms. The fraction of sp³-hybridized carbons (Fsp3) is 0.538. The van der Waals surface area contributed by atoms with Crippen LogP contribution in [0.5, 0.6) is 0 Å². The van der Waals surface area contributed by atoms with E-state index in [0.29, 0.717) is 17.1 Å². The summed E-state index contributed by atoms with van der Waals surface area (Å²) in [6.07, 6.45) is 2.02. The van der Waals surface area contributed by atoms with E-state index in [1.807, 2.05) is 6.92 Å². The van der Waals surface area contributed by atoms with Crippen molar-refractivity contribution in [3.05, 3.63) is 16.0 Å². The first-order chi connectivity index (χ1) is 9.49. The Morgan fingerprint density at radius 3 is 2.80 bits per heavy atom.